The van der Waals surface area contributed by atoms with E-state index < -0.39 is 0 Å². The molecule has 1 aliphatic heterocycles. The summed E-state index contributed by atoms with van der Waals surface area (Å²) in [4.78, 5) is 17.3. The summed E-state index contributed by atoms with van der Waals surface area (Å²) in [6.45, 7) is 10.3. The van der Waals surface area contributed by atoms with Gasteiger partial charge in [-0.25, -0.2) is 0 Å². The number of nitrogens with zero attached hydrogens (tertiary/aromatic N) is 4. The number of hydrogen-bond acceptors (Lipinski definition) is 4. The lowest BCUT2D eigenvalue weighted by atomic mass is 9.97. The number of aromatic nitrogens is 2. The Morgan fingerprint density at radius 3 is 2.62 bits per heavy atom. The van der Waals surface area contributed by atoms with E-state index >= 15 is 0 Å². The third-order valence-corrected chi connectivity index (χ3v) is 5.07. The van der Waals surface area contributed by atoms with E-state index in [1.165, 1.54) is 0 Å². The molecule has 6 heteroatoms. The van der Waals surface area contributed by atoms with Gasteiger partial charge >= 0.3 is 0 Å². The third kappa shape index (κ3) is 3.41. The zero-order chi connectivity index (χ0) is 18.9. The second-order valence-corrected chi connectivity index (χ2v) is 7.57. The molecule has 1 saturated heterocycles. The maximum absolute atomic E-state index is 13.0. The van der Waals surface area contributed by atoms with Crippen molar-refractivity contribution in [2.45, 2.75) is 39.3 Å². The van der Waals surface area contributed by atoms with Crippen molar-refractivity contribution in [1.29, 1.82) is 0 Å². The topological polar surface area (TPSA) is 50.6 Å². The molecule has 1 aromatic carbocycles. The molecule has 0 radical (unpaired) electrons. The lowest BCUT2D eigenvalue weighted by Gasteiger charge is -2.49. The van der Waals surface area contributed by atoms with Crippen LogP contribution in [0.15, 0.2) is 36.7 Å². The Kier molecular flexibility index (Phi) is 4.94. The van der Waals surface area contributed by atoms with Crippen LogP contribution < -0.4 is 9.64 Å². The second kappa shape index (κ2) is 7.02. The molecule has 2 aromatic rings. The number of carbonyl (C=O) groups excluding carboxylic acids is 1. The number of aryl methyl sites for hydroxylation is 1. The average Bonchev–Trinajstić information content (AvgIpc) is 3.06. The fourth-order valence-electron chi connectivity index (χ4n) is 3.66. The Labute approximate surface area is 155 Å². The van der Waals surface area contributed by atoms with E-state index in [1.807, 2.05) is 43.1 Å². The Hall–Kier alpha value is -2.50. The predicted molar refractivity (Wildman–Crippen MR) is 103 cm³/mol. The maximum atomic E-state index is 13.0. The molecule has 6 nitrogen and oxygen atoms in total. The molecule has 0 N–H and O–H groups in total. The summed E-state index contributed by atoms with van der Waals surface area (Å²) in [5.74, 6) is 0.974. The highest BCUT2D eigenvalue weighted by molar-refractivity contribution is 5.80. The fourth-order valence-corrected chi connectivity index (χ4v) is 3.66. The number of hydrogen-bond donors (Lipinski definition) is 0. The minimum atomic E-state index is -0.294. The van der Waals surface area contributed by atoms with Crippen LogP contribution in [0.2, 0.25) is 0 Å². The third-order valence-electron chi connectivity index (χ3n) is 5.07. The standard InChI is InChI=1S/C20H28N4O2/c1-15-12-21-24(13-15)16(2)19(25)22-10-11-23(20(3,4)14-22)17-8-6-7-9-18(17)26-5/h6-9,12-13,16H,10-11,14H2,1-5H3/t16-/m0/s1. The van der Waals surface area contributed by atoms with Crippen LogP contribution in [-0.2, 0) is 4.79 Å². The minimum Gasteiger partial charge on any atom is -0.495 e. The summed E-state index contributed by atoms with van der Waals surface area (Å²) >= 11 is 0. The van der Waals surface area contributed by atoms with Gasteiger partial charge < -0.3 is 14.5 Å². The van der Waals surface area contributed by atoms with Gasteiger partial charge in [-0.1, -0.05) is 12.1 Å². The largest absolute Gasteiger partial charge is 0.495 e. The first-order valence-corrected chi connectivity index (χ1v) is 9.03. The van der Waals surface area contributed by atoms with Gasteiger partial charge in [0.1, 0.15) is 11.8 Å². The molecule has 140 valence electrons. The molecule has 1 fully saturated rings. The summed E-state index contributed by atoms with van der Waals surface area (Å²) in [5.41, 5.74) is 1.94. The highest BCUT2D eigenvalue weighted by atomic mass is 16.5. The Morgan fingerprint density at radius 1 is 1.27 bits per heavy atom. The van der Waals surface area contributed by atoms with Gasteiger partial charge in [0.2, 0.25) is 5.91 Å². The van der Waals surface area contributed by atoms with Crippen molar-refractivity contribution < 1.29 is 9.53 Å². The zero-order valence-electron chi connectivity index (χ0n) is 16.3. The van der Waals surface area contributed by atoms with E-state index in [0.29, 0.717) is 13.1 Å². The average molecular weight is 356 g/mol. The molecule has 26 heavy (non-hydrogen) atoms. The van der Waals surface area contributed by atoms with Crippen molar-refractivity contribution in [3.63, 3.8) is 0 Å². The van der Waals surface area contributed by atoms with Gasteiger partial charge in [-0.15, -0.1) is 0 Å². The summed E-state index contributed by atoms with van der Waals surface area (Å²) in [7, 11) is 1.69. The van der Waals surface area contributed by atoms with Crippen molar-refractivity contribution in [2.24, 2.45) is 0 Å². The normalized spacial score (nSPS) is 17.9. The summed E-state index contributed by atoms with van der Waals surface area (Å²) in [5, 5.41) is 4.30. The number of amides is 1. The van der Waals surface area contributed by atoms with Crippen LogP contribution in [0.4, 0.5) is 5.69 Å². The van der Waals surface area contributed by atoms with Gasteiger partial charge in [0.05, 0.1) is 24.5 Å². The smallest absolute Gasteiger partial charge is 0.247 e. The summed E-state index contributed by atoms with van der Waals surface area (Å²) < 4.78 is 7.28. The molecule has 0 aliphatic carbocycles. The van der Waals surface area contributed by atoms with Gasteiger partial charge in [-0.3, -0.25) is 9.48 Å². The highest BCUT2D eigenvalue weighted by Crippen LogP contribution is 2.35. The van der Waals surface area contributed by atoms with E-state index in [9.17, 15) is 4.79 Å². The van der Waals surface area contributed by atoms with E-state index in [0.717, 1.165) is 23.5 Å². The van der Waals surface area contributed by atoms with Gasteiger partial charge in [0.15, 0.2) is 0 Å². The first kappa shape index (κ1) is 18.3. The fraction of sp³-hybridized carbons (Fsp3) is 0.500. The second-order valence-electron chi connectivity index (χ2n) is 7.57. The van der Waals surface area contributed by atoms with Gasteiger partial charge in [0.25, 0.3) is 0 Å². The van der Waals surface area contributed by atoms with Crippen LogP contribution in [-0.4, -0.2) is 52.9 Å². The van der Waals surface area contributed by atoms with Crippen LogP contribution in [0.5, 0.6) is 5.75 Å². The lowest BCUT2D eigenvalue weighted by molar-refractivity contribution is -0.136. The van der Waals surface area contributed by atoms with Gasteiger partial charge in [-0.2, -0.15) is 5.10 Å². The number of rotatable bonds is 4. The van der Waals surface area contributed by atoms with Crippen molar-refractivity contribution in [2.75, 3.05) is 31.6 Å². The molecule has 1 aromatic heterocycles. The highest BCUT2D eigenvalue weighted by Gasteiger charge is 2.38. The first-order chi connectivity index (χ1) is 12.3. The quantitative estimate of drug-likeness (QED) is 0.845. The maximum Gasteiger partial charge on any atom is 0.247 e. The molecule has 0 unspecified atom stereocenters. The molecule has 1 aliphatic rings. The molecule has 0 bridgehead atoms. The van der Waals surface area contributed by atoms with Crippen LogP contribution in [0, 0.1) is 6.92 Å². The number of ether oxygens (including phenoxy) is 1. The molecule has 1 atom stereocenters. The number of anilines is 1. The summed E-state index contributed by atoms with van der Waals surface area (Å²) in [6, 6.07) is 7.76. The van der Waals surface area contributed by atoms with E-state index in [4.69, 9.17) is 4.74 Å². The monoisotopic (exact) mass is 356 g/mol. The Bertz CT molecular complexity index is 784. The molecule has 0 saturated carbocycles. The molecule has 1 amide bonds. The van der Waals surface area contributed by atoms with E-state index in [-0.39, 0.29) is 17.5 Å². The molecular formula is C20H28N4O2. The van der Waals surface area contributed by atoms with Crippen molar-refractivity contribution >= 4 is 11.6 Å². The van der Waals surface area contributed by atoms with Crippen molar-refractivity contribution in [1.82, 2.24) is 14.7 Å². The molecule has 3 rings (SSSR count). The van der Waals surface area contributed by atoms with Crippen molar-refractivity contribution in [3.8, 4) is 5.75 Å². The molecule has 0 spiro atoms. The SMILES string of the molecule is COc1ccccc1N1CCN(C(=O)[C@H](C)n2cc(C)cn2)CC1(C)C. The Morgan fingerprint density at radius 2 is 2.00 bits per heavy atom. The number of para-hydroxylation sites is 2. The zero-order valence-corrected chi connectivity index (χ0v) is 16.3. The number of methoxy groups -OCH3 is 1. The molecular weight excluding hydrogens is 328 g/mol. The van der Waals surface area contributed by atoms with Gasteiger partial charge in [0, 0.05) is 25.8 Å². The summed E-state index contributed by atoms with van der Waals surface area (Å²) in [6.07, 6.45) is 3.70. The Balaban J connectivity index is 1.77. The predicted octanol–water partition coefficient (Wildman–Crippen LogP) is 2.89. The van der Waals surface area contributed by atoms with Crippen LogP contribution >= 0.6 is 0 Å². The lowest BCUT2D eigenvalue weighted by Crippen LogP contribution is -2.61. The molecule has 2 heterocycles. The van der Waals surface area contributed by atoms with Gasteiger partial charge in [-0.05, 0) is 45.4 Å². The van der Waals surface area contributed by atoms with Crippen molar-refractivity contribution in [3.05, 3.63) is 42.2 Å². The number of benzene rings is 1. The number of carbonyl (C=O) groups is 1. The number of piperazine rings is 1. The first-order valence-electron chi connectivity index (χ1n) is 9.03. The minimum absolute atomic E-state index is 0.112. The van der Waals surface area contributed by atoms with E-state index in [1.54, 1.807) is 18.0 Å². The van der Waals surface area contributed by atoms with Crippen LogP contribution in [0.1, 0.15) is 32.4 Å². The van der Waals surface area contributed by atoms with Crippen LogP contribution in [0.25, 0.3) is 0 Å². The van der Waals surface area contributed by atoms with Crippen LogP contribution in [0.3, 0.4) is 0 Å². The van der Waals surface area contributed by atoms with E-state index in [2.05, 4.69) is 29.9 Å².